The standard InChI is InChI=1S/C32H19F8N7O3/c1-42-30-44-22-10-16(13-2-3-20(35)18(7-13)28(41)49)25(45-29(22)50-30)21(6-12-4-14(33)8-15(34)5-12)43-23(48)11-47-27-24(26(46-47)32(38,39)40)17-9-19(17)31(27,36)37/h2-5,7-8,10,17,19,21H,6,9,11H2,(H2,41,49)(H,43,48)/t17-,19+,21-/m0/s1. The maximum Gasteiger partial charge on any atom is 0.451 e. The number of oxazole rings is 1. The molecule has 0 unspecified atom stereocenters. The van der Waals surface area contributed by atoms with Crippen LogP contribution in [-0.4, -0.2) is 31.6 Å². The van der Waals surface area contributed by atoms with E-state index in [1.54, 1.807) is 0 Å². The lowest BCUT2D eigenvalue weighted by atomic mass is 9.94. The lowest BCUT2D eigenvalue weighted by Crippen LogP contribution is -2.35. The Labute approximate surface area is 274 Å². The fourth-order valence-corrected chi connectivity index (χ4v) is 6.44. The largest absolute Gasteiger partial charge is 0.451 e. The van der Waals surface area contributed by atoms with Crippen LogP contribution in [-0.2, 0) is 29.9 Å². The second-order valence-corrected chi connectivity index (χ2v) is 11.9. The van der Waals surface area contributed by atoms with E-state index < -0.39 is 101 Å². The Balaban J connectivity index is 1.34. The number of nitrogens with zero attached hydrogens (tertiary/aromatic N) is 5. The topological polar surface area (TPSA) is 133 Å². The van der Waals surface area contributed by atoms with Crippen LogP contribution in [0.1, 0.15) is 56.9 Å². The molecule has 0 saturated heterocycles. The van der Waals surface area contributed by atoms with E-state index in [4.69, 9.17) is 16.7 Å². The molecule has 3 N–H and O–H groups in total. The second-order valence-electron chi connectivity index (χ2n) is 11.9. The Kier molecular flexibility index (Phi) is 7.42. The third kappa shape index (κ3) is 5.57. The summed E-state index contributed by atoms with van der Waals surface area (Å²) in [5.74, 6) is -11.4. The molecule has 18 heteroatoms. The van der Waals surface area contributed by atoms with Gasteiger partial charge in [0.2, 0.25) is 11.4 Å². The van der Waals surface area contributed by atoms with Gasteiger partial charge in [-0.1, -0.05) is 17.6 Å². The van der Waals surface area contributed by atoms with Crippen molar-refractivity contribution >= 4 is 29.1 Å². The molecule has 3 aromatic heterocycles. The number of fused-ring (bicyclic) bond motifs is 4. The average molecular weight is 702 g/mol. The van der Waals surface area contributed by atoms with Crippen LogP contribution < -0.4 is 11.1 Å². The van der Waals surface area contributed by atoms with Crippen molar-refractivity contribution in [3.8, 4) is 11.1 Å². The van der Waals surface area contributed by atoms with Crippen LogP contribution in [0.4, 0.5) is 41.1 Å². The normalized spacial score (nSPS) is 18.0. The van der Waals surface area contributed by atoms with Gasteiger partial charge in [-0.25, -0.2) is 18.2 Å². The summed E-state index contributed by atoms with van der Waals surface area (Å²) in [5.41, 5.74) is 1.19. The molecule has 2 aliphatic rings. The van der Waals surface area contributed by atoms with Gasteiger partial charge in [0.05, 0.1) is 17.3 Å². The van der Waals surface area contributed by atoms with Crippen LogP contribution >= 0.6 is 0 Å². The van der Waals surface area contributed by atoms with Gasteiger partial charge in [-0.2, -0.15) is 27.1 Å². The summed E-state index contributed by atoms with van der Waals surface area (Å²) < 4.78 is 121. The maximum absolute atomic E-state index is 15.2. The molecule has 10 nitrogen and oxygen atoms in total. The molecule has 1 fully saturated rings. The molecule has 0 aliphatic heterocycles. The fraction of sp³-hybridized carbons (Fsp3) is 0.250. The zero-order valence-electron chi connectivity index (χ0n) is 25.0. The number of rotatable bonds is 8. The molecule has 5 aromatic rings. The molecule has 2 amide bonds. The molecule has 256 valence electrons. The molecule has 0 bridgehead atoms. The van der Waals surface area contributed by atoms with Gasteiger partial charge >= 0.3 is 12.2 Å². The first-order valence-electron chi connectivity index (χ1n) is 14.6. The highest BCUT2D eigenvalue weighted by Gasteiger charge is 2.68. The minimum absolute atomic E-state index is 0.00541. The Hall–Kier alpha value is -5.86. The number of aromatic nitrogens is 4. The van der Waals surface area contributed by atoms with Crippen molar-refractivity contribution < 1.29 is 49.1 Å². The highest BCUT2D eigenvalue weighted by atomic mass is 19.4. The van der Waals surface area contributed by atoms with Crippen LogP contribution in [0.2, 0.25) is 0 Å². The Bertz CT molecular complexity index is 2270. The van der Waals surface area contributed by atoms with Crippen molar-refractivity contribution in [2.75, 3.05) is 0 Å². The van der Waals surface area contributed by atoms with E-state index >= 15 is 8.78 Å². The van der Waals surface area contributed by atoms with Crippen LogP contribution in [0.25, 0.3) is 27.2 Å². The van der Waals surface area contributed by atoms with Crippen LogP contribution in [0.5, 0.6) is 0 Å². The van der Waals surface area contributed by atoms with Crippen molar-refractivity contribution in [2.45, 2.75) is 43.4 Å². The first-order valence-corrected chi connectivity index (χ1v) is 14.6. The van der Waals surface area contributed by atoms with Gasteiger partial charge in [0, 0.05) is 29.2 Å². The number of hydrogen-bond donors (Lipinski definition) is 2. The molecule has 3 heterocycles. The number of hydrogen-bond acceptors (Lipinski definition) is 6. The minimum Gasteiger partial charge on any atom is -0.445 e. The van der Waals surface area contributed by atoms with Crippen LogP contribution in [0.15, 0.2) is 46.9 Å². The summed E-state index contributed by atoms with van der Waals surface area (Å²) in [4.78, 5) is 37.0. The minimum atomic E-state index is -5.09. The highest BCUT2D eigenvalue weighted by Crippen LogP contribution is 2.68. The number of carbonyl (C=O) groups is 2. The molecule has 2 aliphatic carbocycles. The third-order valence-corrected chi connectivity index (χ3v) is 8.56. The van der Waals surface area contributed by atoms with E-state index in [1.807, 2.05) is 0 Å². The molecular weight excluding hydrogens is 682 g/mol. The van der Waals surface area contributed by atoms with Gasteiger partial charge in [-0.15, -0.1) is 0 Å². The molecule has 0 spiro atoms. The summed E-state index contributed by atoms with van der Waals surface area (Å²) in [6.07, 6.45) is -5.70. The van der Waals surface area contributed by atoms with E-state index in [1.165, 1.54) is 12.1 Å². The van der Waals surface area contributed by atoms with Gasteiger partial charge in [0.15, 0.2) is 5.69 Å². The Morgan fingerprint density at radius 1 is 1.10 bits per heavy atom. The highest BCUT2D eigenvalue weighted by molar-refractivity contribution is 5.95. The first kappa shape index (κ1) is 32.7. The monoisotopic (exact) mass is 701 g/mol. The Morgan fingerprint density at radius 3 is 2.48 bits per heavy atom. The van der Waals surface area contributed by atoms with E-state index in [9.17, 15) is 35.9 Å². The molecule has 2 aromatic carbocycles. The van der Waals surface area contributed by atoms with Gasteiger partial charge < -0.3 is 20.3 Å². The number of benzene rings is 2. The van der Waals surface area contributed by atoms with Crippen molar-refractivity contribution in [1.29, 1.82) is 0 Å². The smallest absolute Gasteiger partial charge is 0.445 e. The van der Waals surface area contributed by atoms with Gasteiger partial charge in [0.1, 0.15) is 29.7 Å². The number of nitrogens with one attached hydrogen (secondary N) is 1. The number of pyridine rings is 1. The molecule has 0 radical (unpaired) electrons. The zero-order chi connectivity index (χ0) is 35.9. The van der Waals surface area contributed by atoms with Crippen molar-refractivity contribution in [3.63, 3.8) is 0 Å². The molecule has 3 atom stereocenters. The summed E-state index contributed by atoms with van der Waals surface area (Å²) >= 11 is 0. The van der Waals surface area contributed by atoms with Gasteiger partial charge in [-0.3, -0.25) is 14.3 Å². The molecule has 50 heavy (non-hydrogen) atoms. The van der Waals surface area contributed by atoms with Gasteiger partial charge in [-0.05, 0) is 54.2 Å². The van der Waals surface area contributed by atoms with Crippen LogP contribution in [0, 0.1) is 29.9 Å². The van der Waals surface area contributed by atoms with E-state index in [0.717, 1.165) is 24.3 Å². The van der Waals surface area contributed by atoms with Crippen molar-refractivity contribution in [1.82, 2.24) is 25.1 Å². The maximum atomic E-state index is 15.2. The SMILES string of the molecule is [C-]#[N+]c1nc2cc(-c3ccc(F)c(C(N)=O)c3)c([C@H](Cc3cc(F)cc(F)c3)NC(=O)Cn3nc(C(F)(F)F)c4c3C(F)(F)[C@@H]3C[C@H]43)nc2o1. The fourth-order valence-electron chi connectivity index (χ4n) is 6.44. The zero-order valence-corrected chi connectivity index (χ0v) is 25.0. The van der Waals surface area contributed by atoms with Gasteiger partial charge in [0.25, 0.3) is 17.5 Å². The lowest BCUT2D eigenvalue weighted by molar-refractivity contribution is -0.142. The number of alkyl halides is 5. The third-order valence-electron chi connectivity index (χ3n) is 8.56. The number of nitrogens with two attached hydrogens (primary N) is 1. The summed E-state index contributed by atoms with van der Waals surface area (Å²) in [5, 5.41) is 5.84. The number of carbonyl (C=O) groups excluding carboxylic acids is 2. The van der Waals surface area contributed by atoms with Crippen molar-refractivity contribution in [2.24, 2.45) is 11.7 Å². The van der Waals surface area contributed by atoms with E-state index in [2.05, 4.69) is 25.2 Å². The van der Waals surface area contributed by atoms with Crippen molar-refractivity contribution in [3.05, 3.63) is 105 Å². The molecular formula is C32H19F8N7O3. The number of primary amides is 1. The predicted octanol–water partition coefficient (Wildman–Crippen LogP) is 6.48. The summed E-state index contributed by atoms with van der Waals surface area (Å²) in [7, 11) is 0. The summed E-state index contributed by atoms with van der Waals surface area (Å²) in [6.45, 7) is 6.12. The van der Waals surface area contributed by atoms with E-state index in [-0.39, 0.29) is 40.0 Å². The first-order chi connectivity index (χ1) is 23.5. The van der Waals surface area contributed by atoms with Crippen LogP contribution in [0.3, 0.4) is 0 Å². The molecule has 1 saturated carbocycles. The lowest BCUT2D eigenvalue weighted by Gasteiger charge is -2.22. The number of halogens is 8. The summed E-state index contributed by atoms with van der Waals surface area (Å²) in [6, 6.07) is 5.02. The predicted molar refractivity (Wildman–Crippen MR) is 155 cm³/mol. The average Bonchev–Trinajstić information content (AvgIpc) is 3.48. The second kappa shape index (κ2) is 11.4. The number of amides is 2. The van der Waals surface area contributed by atoms with E-state index in [0.29, 0.717) is 10.7 Å². The quantitative estimate of drug-likeness (QED) is 0.141. The Morgan fingerprint density at radius 2 is 1.82 bits per heavy atom. The molecule has 7 rings (SSSR count).